The summed E-state index contributed by atoms with van der Waals surface area (Å²) in [5.41, 5.74) is 0. The first-order valence-corrected chi connectivity index (χ1v) is 7.22. The van der Waals surface area contributed by atoms with Gasteiger partial charge in [0, 0.05) is 19.5 Å². The van der Waals surface area contributed by atoms with Crippen LogP contribution < -0.4 is 10.6 Å². The van der Waals surface area contributed by atoms with E-state index in [2.05, 4.69) is 17.6 Å². The minimum atomic E-state index is -0.786. The van der Waals surface area contributed by atoms with Crippen LogP contribution in [0.4, 0.5) is 4.79 Å². The first-order chi connectivity index (χ1) is 8.99. The molecular weight excluding hydrogens is 244 g/mol. The standard InChI is InChI=1S/C14H26N2O3/c1-10(6-7-13(17)18)8-15-14(19)16-9-12-5-3-4-11(12)2/h10-12H,3-9H2,1-2H3,(H,17,18)(H2,15,16,19). The Labute approximate surface area is 115 Å². The molecule has 0 radical (unpaired) electrons. The highest BCUT2D eigenvalue weighted by Crippen LogP contribution is 2.30. The van der Waals surface area contributed by atoms with Gasteiger partial charge in [-0.25, -0.2) is 4.79 Å². The van der Waals surface area contributed by atoms with Crippen molar-refractivity contribution in [3.63, 3.8) is 0 Å². The van der Waals surface area contributed by atoms with Gasteiger partial charge in [-0.1, -0.05) is 26.7 Å². The van der Waals surface area contributed by atoms with E-state index in [1.54, 1.807) is 0 Å². The van der Waals surface area contributed by atoms with Crippen LogP contribution in [-0.4, -0.2) is 30.2 Å². The number of carboxylic acid groups (broad SMARTS) is 1. The van der Waals surface area contributed by atoms with Gasteiger partial charge in [0.25, 0.3) is 0 Å². The predicted octanol–water partition coefficient (Wildman–Crippen LogP) is 2.22. The lowest BCUT2D eigenvalue weighted by Gasteiger charge is -2.17. The number of urea groups is 1. The Morgan fingerprint density at radius 3 is 2.63 bits per heavy atom. The second-order valence-corrected chi connectivity index (χ2v) is 5.80. The van der Waals surface area contributed by atoms with Crippen molar-refractivity contribution in [2.75, 3.05) is 13.1 Å². The van der Waals surface area contributed by atoms with Gasteiger partial charge in [0.05, 0.1) is 0 Å². The molecule has 1 fully saturated rings. The smallest absolute Gasteiger partial charge is 0.314 e. The summed E-state index contributed by atoms with van der Waals surface area (Å²) >= 11 is 0. The average molecular weight is 270 g/mol. The summed E-state index contributed by atoms with van der Waals surface area (Å²) < 4.78 is 0. The Kier molecular flexibility index (Phi) is 6.67. The minimum Gasteiger partial charge on any atom is -0.481 e. The number of carbonyl (C=O) groups is 2. The number of hydrogen-bond acceptors (Lipinski definition) is 2. The summed E-state index contributed by atoms with van der Waals surface area (Å²) in [5.74, 6) is 0.712. The highest BCUT2D eigenvalue weighted by Gasteiger charge is 2.23. The molecule has 3 N–H and O–H groups in total. The van der Waals surface area contributed by atoms with E-state index in [0.29, 0.717) is 24.8 Å². The van der Waals surface area contributed by atoms with E-state index >= 15 is 0 Å². The molecule has 0 aromatic rings. The maximum absolute atomic E-state index is 11.6. The summed E-state index contributed by atoms with van der Waals surface area (Å²) in [6.45, 7) is 5.46. The Bertz CT molecular complexity index is 307. The van der Waals surface area contributed by atoms with Crippen molar-refractivity contribution in [1.29, 1.82) is 0 Å². The zero-order chi connectivity index (χ0) is 14.3. The quantitative estimate of drug-likeness (QED) is 0.663. The number of aliphatic carboxylic acids is 1. The molecule has 0 bridgehead atoms. The van der Waals surface area contributed by atoms with Crippen LogP contribution in [0.1, 0.15) is 46.0 Å². The van der Waals surface area contributed by atoms with Crippen LogP contribution in [0.2, 0.25) is 0 Å². The number of nitrogens with one attached hydrogen (secondary N) is 2. The van der Waals surface area contributed by atoms with E-state index in [0.717, 1.165) is 6.54 Å². The Morgan fingerprint density at radius 2 is 2.05 bits per heavy atom. The van der Waals surface area contributed by atoms with Crippen LogP contribution >= 0.6 is 0 Å². The SMILES string of the molecule is CC(CCC(=O)O)CNC(=O)NCC1CCCC1C. The van der Waals surface area contributed by atoms with Gasteiger partial charge in [0.1, 0.15) is 0 Å². The summed E-state index contributed by atoms with van der Waals surface area (Å²) in [5, 5.41) is 14.3. The summed E-state index contributed by atoms with van der Waals surface area (Å²) in [6.07, 6.45) is 4.48. The van der Waals surface area contributed by atoms with E-state index < -0.39 is 5.97 Å². The first kappa shape index (κ1) is 15.8. The molecule has 5 nitrogen and oxygen atoms in total. The monoisotopic (exact) mass is 270 g/mol. The molecule has 0 aromatic heterocycles. The lowest BCUT2D eigenvalue weighted by Crippen LogP contribution is -2.40. The fourth-order valence-electron chi connectivity index (χ4n) is 2.55. The molecular formula is C14H26N2O3. The van der Waals surface area contributed by atoms with Crippen molar-refractivity contribution in [2.45, 2.75) is 46.0 Å². The largest absolute Gasteiger partial charge is 0.481 e. The lowest BCUT2D eigenvalue weighted by molar-refractivity contribution is -0.137. The van der Waals surface area contributed by atoms with E-state index in [1.165, 1.54) is 19.3 Å². The van der Waals surface area contributed by atoms with Crippen LogP contribution in [0.15, 0.2) is 0 Å². The highest BCUT2D eigenvalue weighted by molar-refractivity contribution is 5.73. The van der Waals surface area contributed by atoms with Crippen molar-refractivity contribution < 1.29 is 14.7 Å². The van der Waals surface area contributed by atoms with Gasteiger partial charge in [-0.3, -0.25) is 4.79 Å². The molecule has 3 atom stereocenters. The molecule has 1 aliphatic carbocycles. The Morgan fingerprint density at radius 1 is 1.32 bits per heavy atom. The number of amides is 2. The third kappa shape index (κ3) is 6.45. The molecule has 0 aliphatic heterocycles. The molecule has 0 saturated heterocycles. The van der Waals surface area contributed by atoms with Crippen LogP contribution in [0, 0.1) is 17.8 Å². The van der Waals surface area contributed by atoms with Gasteiger partial charge >= 0.3 is 12.0 Å². The molecule has 1 rings (SSSR count). The molecule has 1 aliphatic rings. The molecule has 110 valence electrons. The maximum Gasteiger partial charge on any atom is 0.314 e. The van der Waals surface area contributed by atoms with Crippen LogP contribution in [0.25, 0.3) is 0 Å². The predicted molar refractivity (Wildman–Crippen MR) is 73.9 cm³/mol. The van der Waals surface area contributed by atoms with Gasteiger partial charge in [-0.15, -0.1) is 0 Å². The second kappa shape index (κ2) is 8.02. The molecule has 3 unspecified atom stereocenters. The van der Waals surface area contributed by atoms with Crippen molar-refractivity contribution >= 4 is 12.0 Å². The van der Waals surface area contributed by atoms with Crippen LogP contribution in [0.3, 0.4) is 0 Å². The molecule has 0 heterocycles. The molecule has 0 spiro atoms. The highest BCUT2D eigenvalue weighted by atomic mass is 16.4. The Balaban J connectivity index is 2.08. The van der Waals surface area contributed by atoms with Crippen LogP contribution in [-0.2, 0) is 4.79 Å². The lowest BCUT2D eigenvalue weighted by atomic mass is 9.98. The average Bonchev–Trinajstić information content (AvgIpc) is 2.77. The van der Waals surface area contributed by atoms with Gasteiger partial charge in [-0.2, -0.15) is 0 Å². The first-order valence-electron chi connectivity index (χ1n) is 7.22. The number of rotatable bonds is 7. The van der Waals surface area contributed by atoms with Gasteiger partial charge < -0.3 is 15.7 Å². The van der Waals surface area contributed by atoms with Gasteiger partial charge in [-0.05, 0) is 30.6 Å². The van der Waals surface area contributed by atoms with Crippen LogP contribution in [0.5, 0.6) is 0 Å². The third-order valence-corrected chi connectivity index (χ3v) is 4.03. The second-order valence-electron chi connectivity index (χ2n) is 5.80. The van der Waals surface area contributed by atoms with E-state index in [4.69, 9.17) is 5.11 Å². The van der Waals surface area contributed by atoms with Crippen molar-refractivity contribution in [1.82, 2.24) is 10.6 Å². The van der Waals surface area contributed by atoms with Crippen molar-refractivity contribution in [3.8, 4) is 0 Å². The summed E-state index contributed by atoms with van der Waals surface area (Å²) in [6, 6.07) is -0.138. The topological polar surface area (TPSA) is 78.4 Å². The maximum atomic E-state index is 11.6. The summed E-state index contributed by atoms with van der Waals surface area (Å²) in [7, 11) is 0. The number of carboxylic acids is 1. The fraction of sp³-hybridized carbons (Fsp3) is 0.857. The fourth-order valence-corrected chi connectivity index (χ4v) is 2.55. The normalized spacial score (nSPS) is 23.9. The summed E-state index contributed by atoms with van der Waals surface area (Å²) in [4.78, 5) is 22.0. The number of carbonyl (C=O) groups excluding carboxylic acids is 1. The van der Waals surface area contributed by atoms with E-state index in [1.807, 2.05) is 6.92 Å². The molecule has 5 heteroatoms. The van der Waals surface area contributed by atoms with Gasteiger partial charge in [0.2, 0.25) is 0 Å². The molecule has 0 aromatic carbocycles. The molecule has 1 saturated carbocycles. The zero-order valence-electron chi connectivity index (χ0n) is 11.9. The molecule has 2 amide bonds. The Hall–Kier alpha value is -1.26. The third-order valence-electron chi connectivity index (χ3n) is 4.03. The zero-order valence-corrected chi connectivity index (χ0v) is 11.9. The van der Waals surface area contributed by atoms with E-state index in [9.17, 15) is 9.59 Å². The molecule has 19 heavy (non-hydrogen) atoms. The van der Waals surface area contributed by atoms with Crippen molar-refractivity contribution in [2.24, 2.45) is 17.8 Å². The van der Waals surface area contributed by atoms with Gasteiger partial charge in [0.15, 0.2) is 0 Å². The van der Waals surface area contributed by atoms with E-state index in [-0.39, 0.29) is 18.4 Å². The number of hydrogen-bond donors (Lipinski definition) is 3. The van der Waals surface area contributed by atoms with Crippen molar-refractivity contribution in [3.05, 3.63) is 0 Å². The minimum absolute atomic E-state index is 0.138.